The third kappa shape index (κ3) is 3.35. The fraction of sp³-hybridized carbons (Fsp3) is 0.0556. The maximum Gasteiger partial charge on any atom is 0.331 e. The second kappa shape index (κ2) is 6.63. The lowest BCUT2D eigenvalue weighted by molar-refractivity contribution is -0.139. The van der Waals surface area contributed by atoms with Gasteiger partial charge in [0.2, 0.25) is 0 Å². The molecule has 0 saturated heterocycles. The number of benzene rings is 1. The maximum atomic E-state index is 11.8. The number of hydrogen-bond donors (Lipinski definition) is 0. The summed E-state index contributed by atoms with van der Waals surface area (Å²) in [5.41, 5.74) is 2.46. The van der Waals surface area contributed by atoms with Crippen LogP contribution in [0.25, 0.3) is 17.0 Å². The molecule has 0 unspecified atom stereocenters. The SMILES string of the molecule is O=C(/C=C/c1cccc2cccnc12)OCc1ccccn1. The zero-order valence-electron chi connectivity index (χ0n) is 11.8. The highest BCUT2D eigenvalue weighted by Gasteiger charge is 2.01. The van der Waals surface area contributed by atoms with Crippen LogP contribution in [-0.2, 0) is 16.1 Å². The Hall–Kier alpha value is -3.01. The van der Waals surface area contributed by atoms with Crippen LogP contribution in [0.15, 0.2) is 67.0 Å². The average molecular weight is 290 g/mol. The molecule has 0 N–H and O–H groups in total. The van der Waals surface area contributed by atoms with Crippen LogP contribution in [0.1, 0.15) is 11.3 Å². The summed E-state index contributed by atoms with van der Waals surface area (Å²) < 4.78 is 5.15. The largest absolute Gasteiger partial charge is 0.456 e. The fourth-order valence-electron chi connectivity index (χ4n) is 2.10. The number of carbonyl (C=O) groups is 1. The number of fused-ring (bicyclic) bond motifs is 1. The third-order valence-corrected chi connectivity index (χ3v) is 3.15. The number of nitrogens with zero attached hydrogens (tertiary/aromatic N) is 2. The van der Waals surface area contributed by atoms with E-state index in [4.69, 9.17) is 4.74 Å². The highest BCUT2D eigenvalue weighted by molar-refractivity contribution is 5.92. The molecule has 3 aromatic rings. The highest BCUT2D eigenvalue weighted by Crippen LogP contribution is 2.17. The van der Waals surface area contributed by atoms with Crippen LogP contribution in [-0.4, -0.2) is 15.9 Å². The van der Waals surface area contributed by atoms with Gasteiger partial charge in [-0.25, -0.2) is 4.79 Å². The number of pyridine rings is 2. The van der Waals surface area contributed by atoms with Gasteiger partial charge in [-0.1, -0.05) is 30.3 Å². The molecular weight excluding hydrogens is 276 g/mol. The summed E-state index contributed by atoms with van der Waals surface area (Å²) in [6.07, 6.45) is 6.53. The van der Waals surface area contributed by atoms with Gasteiger partial charge in [0.25, 0.3) is 0 Å². The Labute approximate surface area is 128 Å². The van der Waals surface area contributed by atoms with E-state index < -0.39 is 5.97 Å². The van der Waals surface area contributed by atoms with Gasteiger partial charge in [0.15, 0.2) is 0 Å². The first kappa shape index (κ1) is 13.9. The molecule has 0 aliphatic heterocycles. The molecule has 0 aliphatic carbocycles. The monoisotopic (exact) mass is 290 g/mol. The summed E-state index contributed by atoms with van der Waals surface area (Å²) in [6, 6.07) is 15.2. The van der Waals surface area contributed by atoms with Gasteiger partial charge in [-0.05, 0) is 24.3 Å². The van der Waals surface area contributed by atoms with Crippen LogP contribution in [0, 0.1) is 0 Å². The van der Waals surface area contributed by atoms with Crippen LogP contribution in [0.4, 0.5) is 0 Å². The Kier molecular flexibility index (Phi) is 4.20. The summed E-state index contributed by atoms with van der Waals surface area (Å²) in [7, 11) is 0. The van der Waals surface area contributed by atoms with Crippen LogP contribution in [0.5, 0.6) is 0 Å². The van der Waals surface area contributed by atoms with E-state index in [1.165, 1.54) is 6.08 Å². The predicted molar refractivity (Wildman–Crippen MR) is 84.8 cm³/mol. The van der Waals surface area contributed by atoms with Gasteiger partial charge in [0.05, 0.1) is 11.2 Å². The molecule has 108 valence electrons. The van der Waals surface area contributed by atoms with Crippen molar-refractivity contribution in [3.8, 4) is 0 Å². The lowest BCUT2D eigenvalue weighted by atomic mass is 10.1. The Bertz CT molecular complexity index is 808. The molecule has 2 aromatic heterocycles. The molecular formula is C18H14N2O2. The molecule has 0 fully saturated rings. The van der Waals surface area contributed by atoms with E-state index in [0.29, 0.717) is 0 Å². The first-order valence-electron chi connectivity index (χ1n) is 6.91. The van der Waals surface area contributed by atoms with Gasteiger partial charge in [0, 0.05) is 29.4 Å². The van der Waals surface area contributed by atoms with Gasteiger partial charge in [0.1, 0.15) is 6.61 Å². The molecule has 0 radical (unpaired) electrons. The van der Waals surface area contributed by atoms with E-state index in [-0.39, 0.29) is 6.61 Å². The molecule has 1 aromatic carbocycles. The van der Waals surface area contributed by atoms with Crippen molar-refractivity contribution in [2.45, 2.75) is 6.61 Å². The number of aromatic nitrogens is 2. The van der Waals surface area contributed by atoms with E-state index in [0.717, 1.165) is 22.2 Å². The van der Waals surface area contributed by atoms with E-state index in [1.54, 1.807) is 18.5 Å². The Morgan fingerprint density at radius 3 is 2.73 bits per heavy atom. The second-order valence-corrected chi connectivity index (χ2v) is 4.68. The molecule has 0 atom stereocenters. The summed E-state index contributed by atoms with van der Waals surface area (Å²) >= 11 is 0. The van der Waals surface area contributed by atoms with Crippen molar-refractivity contribution in [1.29, 1.82) is 0 Å². The fourth-order valence-corrected chi connectivity index (χ4v) is 2.10. The number of carbonyl (C=O) groups excluding carboxylic acids is 1. The Balaban J connectivity index is 1.69. The molecule has 3 rings (SSSR count). The Morgan fingerprint density at radius 1 is 1.00 bits per heavy atom. The molecule has 4 nitrogen and oxygen atoms in total. The van der Waals surface area contributed by atoms with Crippen molar-refractivity contribution in [1.82, 2.24) is 9.97 Å². The van der Waals surface area contributed by atoms with Gasteiger partial charge < -0.3 is 4.74 Å². The summed E-state index contributed by atoms with van der Waals surface area (Å²) in [5.74, 6) is -0.404. The normalized spacial score (nSPS) is 10.9. The van der Waals surface area contributed by atoms with Gasteiger partial charge in [-0.15, -0.1) is 0 Å². The first-order chi connectivity index (χ1) is 10.8. The summed E-state index contributed by atoms with van der Waals surface area (Å²) in [5, 5.41) is 1.03. The highest BCUT2D eigenvalue weighted by atomic mass is 16.5. The lowest BCUT2D eigenvalue weighted by Gasteiger charge is -2.02. The number of hydrogen-bond acceptors (Lipinski definition) is 4. The molecule has 4 heteroatoms. The molecule has 0 saturated carbocycles. The lowest BCUT2D eigenvalue weighted by Crippen LogP contribution is -2.01. The predicted octanol–water partition coefficient (Wildman–Crippen LogP) is 3.39. The minimum atomic E-state index is -0.404. The first-order valence-corrected chi connectivity index (χ1v) is 6.91. The molecule has 22 heavy (non-hydrogen) atoms. The van der Waals surface area contributed by atoms with Gasteiger partial charge >= 0.3 is 5.97 Å². The van der Waals surface area contributed by atoms with E-state index >= 15 is 0 Å². The molecule has 0 bridgehead atoms. The van der Waals surface area contributed by atoms with Crippen molar-refractivity contribution < 1.29 is 9.53 Å². The summed E-state index contributed by atoms with van der Waals surface area (Å²) in [6.45, 7) is 0.164. The number of rotatable bonds is 4. The number of para-hydroxylation sites is 1. The van der Waals surface area contributed by atoms with E-state index in [2.05, 4.69) is 9.97 Å². The van der Waals surface area contributed by atoms with Crippen LogP contribution < -0.4 is 0 Å². The average Bonchev–Trinajstić information content (AvgIpc) is 2.59. The second-order valence-electron chi connectivity index (χ2n) is 4.68. The molecule has 0 spiro atoms. The van der Waals surface area contributed by atoms with Crippen LogP contribution in [0.3, 0.4) is 0 Å². The minimum Gasteiger partial charge on any atom is -0.456 e. The molecule has 0 aliphatic rings. The van der Waals surface area contributed by atoms with E-state index in [9.17, 15) is 4.79 Å². The Morgan fingerprint density at radius 2 is 1.86 bits per heavy atom. The number of esters is 1. The molecule has 2 heterocycles. The standard InChI is InChI=1S/C18H14N2O2/c21-17(22-13-16-8-1-2-11-19-16)10-9-15-6-3-5-14-7-4-12-20-18(14)15/h1-12H,13H2/b10-9+. The van der Waals surface area contributed by atoms with Crippen molar-refractivity contribution >= 4 is 22.9 Å². The van der Waals surface area contributed by atoms with Crippen molar-refractivity contribution in [3.05, 3.63) is 78.3 Å². The van der Waals surface area contributed by atoms with E-state index in [1.807, 2.05) is 48.5 Å². The van der Waals surface area contributed by atoms with Crippen LogP contribution >= 0.6 is 0 Å². The molecule has 0 amide bonds. The maximum absolute atomic E-state index is 11.8. The van der Waals surface area contributed by atoms with Gasteiger partial charge in [-0.2, -0.15) is 0 Å². The van der Waals surface area contributed by atoms with Crippen molar-refractivity contribution in [2.24, 2.45) is 0 Å². The van der Waals surface area contributed by atoms with Crippen molar-refractivity contribution in [2.75, 3.05) is 0 Å². The van der Waals surface area contributed by atoms with Gasteiger partial charge in [-0.3, -0.25) is 9.97 Å². The zero-order chi connectivity index (χ0) is 15.2. The quantitative estimate of drug-likeness (QED) is 0.546. The summed E-state index contributed by atoms with van der Waals surface area (Å²) in [4.78, 5) is 20.2. The smallest absolute Gasteiger partial charge is 0.331 e. The topological polar surface area (TPSA) is 52.1 Å². The number of ether oxygens (including phenoxy) is 1. The van der Waals surface area contributed by atoms with Crippen molar-refractivity contribution in [3.63, 3.8) is 0 Å². The minimum absolute atomic E-state index is 0.164. The third-order valence-electron chi connectivity index (χ3n) is 3.15. The zero-order valence-corrected chi connectivity index (χ0v) is 11.8. The van der Waals surface area contributed by atoms with Crippen LogP contribution in [0.2, 0.25) is 0 Å².